The Morgan fingerprint density at radius 3 is 1.60 bits per heavy atom. The van der Waals surface area contributed by atoms with Crippen LogP contribution >= 0.6 is 0 Å². The van der Waals surface area contributed by atoms with Crippen LogP contribution in [-0.4, -0.2) is 19.8 Å². The van der Waals surface area contributed by atoms with Crippen molar-refractivity contribution in [3.63, 3.8) is 0 Å². The van der Waals surface area contributed by atoms with Gasteiger partial charge in [0.1, 0.15) is 0 Å². The summed E-state index contributed by atoms with van der Waals surface area (Å²) in [5, 5.41) is 0. The number of hydrogen-bond acceptors (Lipinski definition) is 0. The van der Waals surface area contributed by atoms with Gasteiger partial charge in [-0.15, -0.1) is 0 Å². The van der Waals surface area contributed by atoms with Crippen LogP contribution in [-0.2, 0) is 0 Å². The standard InChI is InChI=1S/2C4H9.CH3.Sn/c2*1-3-4-2;;/h2*1,3-4H2,2H3;1H3;/q;;;+1. The summed E-state index contributed by atoms with van der Waals surface area (Å²) < 4.78 is 3.28. The Hall–Kier alpha value is 0.799. The summed E-state index contributed by atoms with van der Waals surface area (Å²) in [7, 11) is 0. The average molecular weight is 248 g/mol. The maximum absolute atomic E-state index is 2.58. The average Bonchev–Trinajstić information content (AvgIpc) is 1.97. The number of rotatable bonds is 6. The van der Waals surface area contributed by atoms with Crippen molar-refractivity contribution in [3.05, 3.63) is 0 Å². The van der Waals surface area contributed by atoms with E-state index in [0.717, 1.165) is 0 Å². The van der Waals surface area contributed by atoms with Crippen molar-refractivity contribution >= 4 is 19.8 Å². The van der Waals surface area contributed by atoms with Gasteiger partial charge in [0.15, 0.2) is 0 Å². The minimum absolute atomic E-state index is 0.741. The van der Waals surface area contributed by atoms with E-state index in [1.807, 2.05) is 0 Å². The summed E-state index contributed by atoms with van der Waals surface area (Å²) in [6.07, 6.45) is 5.83. The molecule has 0 N–H and O–H groups in total. The van der Waals surface area contributed by atoms with Crippen molar-refractivity contribution < 1.29 is 0 Å². The van der Waals surface area contributed by atoms with Gasteiger partial charge in [-0.05, 0) is 0 Å². The summed E-state index contributed by atoms with van der Waals surface area (Å²) in [6, 6.07) is 0. The van der Waals surface area contributed by atoms with Gasteiger partial charge in [0.2, 0.25) is 0 Å². The van der Waals surface area contributed by atoms with E-state index < -0.39 is 19.8 Å². The molecule has 0 nitrogen and oxygen atoms in total. The van der Waals surface area contributed by atoms with E-state index in [4.69, 9.17) is 0 Å². The molecule has 0 unspecified atom stereocenters. The molecule has 0 aromatic carbocycles. The first-order valence-corrected chi connectivity index (χ1v) is 11.5. The topological polar surface area (TPSA) is 0 Å². The molecule has 0 saturated carbocycles. The van der Waals surface area contributed by atoms with Gasteiger partial charge >= 0.3 is 73.1 Å². The predicted octanol–water partition coefficient (Wildman–Crippen LogP) is 3.71. The first-order chi connectivity index (χ1) is 4.81. The zero-order valence-corrected chi connectivity index (χ0v) is 10.6. The Labute approximate surface area is 73.1 Å². The van der Waals surface area contributed by atoms with Crippen molar-refractivity contribution in [3.8, 4) is 0 Å². The fourth-order valence-electron chi connectivity index (χ4n) is 1.08. The van der Waals surface area contributed by atoms with Crippen LogP contribution in [0.15, 0.2) is 0 Å². The van der Waals surface area contributed by atoms with E-state index in [-0.39, 0.29) is 0 Å². The van der Waals surface area contributed by atoms with Crippen molar-refractivity contribution in [2.75, 3.05) is 0 Å². The summed E-state index contributed by atoms with van der Waals surface area (Å²) >= 11 is -0.741. The van der Waals surface area contributed by atoms with Crippen LogP contribution < -0.4 is 0 Å². The Kier molecular flexibility index (Phi) is 8.53. The summed E-state index contributed by atoms with van der Waals surface area (Å²) in [4.78, 5) is 2.58. The van der Waals surface area contributed by atoms with E-state index in [0.29, 0.717) is 0 Å². The molecule has 10 heavy (non-hydrogen) atoms. The third-order valence-electron chi connectivity index (χ3n) is 1.91. The normalized spacial score (nSPS) is 9.90. The molecular weight excluding hydrogens is 227 g/mol. The molecule has 0 aliphatic rings. The van der Waals surface area contributed by atoms with E-state index in [1.54, 1.807) is 8.87 Å². The fourth-order valence-corrected chi connectivity index (χ4v) is 7.26. The van der Waals surface area contributed by atoms with Gasteiger partial charge in [-0.1, -0.05) is 0 Å². The Morgan fingerprint density at radius 2 is 1.30 bits per heavy atom. The van der Waals surface area contributed by atoms with Crippen LogP contribution in [0.1, 0.15) is 39.5 Å². The molecule has 0 fully saturated rings. The Bertz CT molecular complexity index is 53.7. The van der Waals surface area contributed by atoms with Gasteiger partial charge in [0.05, 0.1) is 0 Å². The first-order valence-electron chi connectivity index (χ1n) is 4.62. The summed E-state index contributed by atoms with van der Waals surface area (Å²) in [5.74, 6) is 0. The predicted molar refractivity (Wildman–Crippen MR) is 51.0 cm³/mol. The van der Waals surface area contributed by atoms with Gasteiger partial charge in [0, 0.05) is 0 Å². The molecule has 0 heterocycles. The Morgan fingerprint density at radius 1 is 0.900 bits per heavy atom. The van der Waals surface area contributed by atoms with Crippen LogP contribution in [0.5, 0.6) is 0 Å². The molecule has 0 rings (SSSR count). The van der Waals surface area contributed by atoms with Crippen LogP contribution in [0.3, 0.4) is 0 Å². The molecule has 60 valence electrons. The molecule has 0 aromatic heterocycles. The first kappa shape index (κ1) is 10.8. The zero-order valence-electron chi connectivity index (χ0n) is 7.74. The van der Waals surface area contributed by atoms with Crippen molar-refractivity contribution in [1.82, 2.24) is 0 Å². The van der Waals surface area contributed by atoms with E-state index >= 15 is 0 Å². The Balaban J connectivity index is 3.00. The van der Waals surface area contributed by atoms with Gasteiger partial charge < -0.3 is 0 Å². The second-order valence-electron chi connectivity index (χ2n) is 3.16. The van der Waals surface area contributed by atoms with E-state index in [2.05, 4.69) is 18.8 Å². The van der Waals surface area contributed by atoms with Gasteiger partial charge in [-0.2, -0.15) is 0 Å². The quantitative estimate of drug-likeness (QED) is 0.628. The van der Waals surface area contributed by atoms with Crippen molar-refractivity contribution in [2.24, 2.45) is 0 Å². The van der Waals surface area contributed by atoms with Crippen LogP contribution in [0, 0.1) is 0 Å². The molecule has 0 saturated heterocycles. The molecule has 0 aliphatic carbocycles. The maximum atomic E-state index is 2.58. The van der Waals surface area contributed by atoms with Crippen LogP contribution in [0.25, 0.3) is 0 Å². The van der Waals surface area contributed by atoms with E-state index in [9.17, 15) is 0 Å². The monoisotopic (exact) mass is 249 g/mol. The van der Waals surface area contributed by atoms with Gasteiger partial charge in [-0.25, -0.2) is 0 Å². The molecule has 0 aliphatic heterocycles. The third kappa shape index (κ3) is 6.91. The number of unbranched alkanes of at least 4 members (excludes halogenated alkanes) is 2. The molecule has 1 heteroatoms. The second-order valence-corrected chi connectivity index (χ2v) is 11.5. The SMILES string of the molecule is CCC[CH2][Sn+]([CH3])[CH2]CCC. The van der Waals surface area contributed by atoms with E-state index in [1.165, 1.54) is 25.7 Å². The molecule has 0 bridgehead atoms. The van der Waals surface area contributed by atoms with Crippen LogP contribution in [0.2, 0.25) is 13.8 Å². The van der Waals surface area contributed by atoms with Crippen LogP contribution in [0.4, 0.5) is 0 Å². The van der Waals surface area contributed by atoms with Crippen molar-refractivity contribution in [1.29, 1.82) is 0 Å². The molecule has 0 aromatic rings. The molecule has 0 atom stereocenters. The molecule has 0 amide bonds. The molecule has 0 radical (unpaired) electrons. The second kappa shape index (κ2) is 7.90. The fraction of sp³-hybridized carbons (Fsp3) is 1.00. The van der Waals surface area contributed by atoms with Gasteiger partial charge in [0.25, 0.3) is 0 Å². The summed E-state index contributed by atoms with van der Waals surface area (Å²) in [6.45, 7) is 4.60. The summed E-state index contributed by atoms with van der Waals surface area (Å²) in [5.41, 5.74) is 0. The van der Waals surface area contributed by atoms with Crippen molar-refractivity contribution in [2.45, 2.75) is 53.3 Å². The van der Waals surface area contributed by atoms with Gasteiger partial charge in [-0.3, -0.25) is 0 Å². The minimum atomic E-state index is -0.741. The molecular formula is C9H21Sn+. The third-order valence-corrected chi connectivity index (χ3v) is 8.80. The molecule has 0 spiro atoms. The number of hydrogen-bond donors (Lipinski definition) is 0. The zero-order chi connectivity index (χ0) is 7.82.